The van der Waals surface area contributed by atoms with Crippen LogP contribution in [0.4, 0.5) is 28.4 Å². The summed E-state index contributed by atoms with van der Waals surface area (Å²) in [5, 5.41) is 6.41. The fourth-order valence-corrected chi connectivity index (χ4v) is 13.7. The average molecular weight is 903 g/mol. The zero-order valence-electron chi connectivity index (χ0n) is 40.9. The van der Waals surface area contributed by atoms with Crippen molar-refractivity contribution in [3.8, 4) is 22.3 Å². The second kappa shape index (κ2) is 14.5. The van der Waals surface area contributed by atoms with Gasteiger partial charge in [-0.05, 0) is 127 Å². The molecule has 4 aliphatic rings. The van der Waals surface area contributed by atoms with Gasteiger partial charge in [0.2, 0.25) is 0 Å². The molecule has 2 aliphatic heterocycles. The smallest absolute Gasteiger partial charge is 0.198 e. The summed E-state index contributed by atoms with van der Waals surface area (Å²) in [5.74, 6) is 0. The number of anilines is 5. The fraction of sp³-hybridized carbons (Fsp3) is 0.182. The topological polar surface area (TPSA) is 28.4 Å². The second-order valence-electron chi connectivity index (χ2n) is 22.3. The van der Waals surface area contributed by atoms with Gasteiger partial charge >= 0.3 is 0 Å². The summed E-state index contributed by atoms with van der Waals surface area (Å²) < 4.78 is 7.23. The molecular weight excluding hydrogens is 848 g/mol. The van der Waals surface area contributed by atoms with Crippen LogP contribution in [0.1, 0.15) is 98.9 Å². The maximum absolute atomic E-state index is 7.23. The minimum Gasteiger partial charge on any atom is -0.454 e. The van der Waals surface area contributed by atoms with Crippen LogP contribution in [0, 0.1) is 0 Å². The van der Waals surface area contributed by atoms with Crippen LogP contribution >= 0.6 is 0 Å². The Labute approximate surface area is 412 Å². The third-order valence-electron chi connectivity index (χ3n) is 17.2. The minimum atomic E-state index is -0.575. The van der Waals surface area contributed by atoms with Crippen LogP contribution in [0.15, 0.2) is 192 Å². The SMILES string of the molecule is CC1(C)CCC(C)(C)c2cc(Nc3ccc4c(c3-c3cc5c(oc6ccccc65)c5c3Bc3cccc6c3N5c3ccccc3C6(c3ccccc3)c3ccccc3)C(C)(C)c3ccccc3-4)ccc21. The third-order valence-corrected chi connectivity index (χ3v) is 17.2. The molecule has 0 radical (unpaired) electrons. The maximum atomic E-state index is 7.23. The lowest BCUT2D eigenvalue weighted by Gasteiger charge is -2.49. The maximum Gasteiger partial charge on any atom is 0.198 e. The first kappa shape index (κ1) is 41.4. The van der Waals surface area contributed by atoms with Crippen LogP contribution in [-0.2, 0) is 21.7 Å². The van der Waals surface area contributed by atoms with Crippen LogP contribution in [0.3, 0.4) is 0 Å². The van der Waals surface area contributed by atoms with Gasteiger partial charge in [-0.3, -0.25) is 0 Å². The molecule has 0 fully saturated rings. The van der Waals surface area contributed by atoms with Gasteiger partial charge < -0.3 is 14.6 Å². The van der Waals surface area contributed by atoms with E-state index in [0.29, 0.717) is 0 Å². The second-order valence-corrected chi connectivity index (χ2v) is 22.3. The van der Waals surface area contributed by atoms with Crippen molar-refractivity contribution in [3.05, 3.63) is 233 Å². The Morgan fingerprint density at radius 1 is 0.500 bits per heavy atom. The summed E-state index contributed by atoms with van der Waals surface area (Å²) in [6.07, 6.45) is 2.35. The number of fused-ring (bicyclic) bond motifs is 12. The molecule has 9 aromatic carbocycles. The number of nitrogens with zero attached hydrogens (tertiary/aromatic N) is 1. The Balaban J connectivity index is 1.09. The van der Waals surface area contributed by atoms with Gasteiger partial charge in [0.05, 0.1) is 16.8 Å². The number of furan rings is 1. The van der Waals surface area contributed by atoms with Crippen molar-refractivity contribution in [1.29, 1.82) is 0 Å². The highest BCUT2D eigenvalue weighted by molar-refractivity contribution is 6.74. The average Bonchev–Trinajstić information content (AvgIpc) is 3.87. The molecule has 70 heavy (non-hydrogen) atoms. The van der Waals surface area contributed by atoms with Crippen LogP contribution in [-0.4, -0.2) is 7.28 Å². The molecule has 0 atom stereocenters. The molecule has 0 unspecified atom stereocenters. The molecule has 338 valence electrons. The van der Waals surface area contributed by atoms with Crippen LogP contribution < -0.4 is 21.1 Å². The van der Waals surface area contributed by atoms with Gasteiger partial charge in [-0.25, -0.2) is 0 Å². The molecule has 14 rings (SSSR count). The Kier molecular flexibility index (Phi) is 8.58. The van der Waals surface area contributed by atoms with Crippen molar-refractivity contribution < 1.29 is 4.42 Å². The number of para-hydroxylation sites is 3. The van der Waals surface area contributed by atoms with E-state index >= 15 is 0 Å². The van der Waals surface area contributed by atoms with Gasteiger partial charge in [-0.1, -0.05) is 199 Å². The fourth-order valence-electron chi connectivity index (χ4n) is 13.7. The first-order chi connectivity index (χ1) is 34.0. The number of hydrogen-bond acceptors (Lipinski definition) is 3. The van der Waals surface area contributed by atoms with Crippen molar-refractivity contribution in [2.24, 2.45) is 0 Å². The van der Waals surface area contributed by atoms with E-state index in [1.165, 1.54) is 102 Å². The summed E-state index contributed by atoms with van der Waals surface area (Å²) in [5.41, 5.74) is 25.3. The standard InChI is InChI=1S/C66H55BN2O/c1-63(2)36-37-64(3,4)52-38-42(32-34-49(52)63)68-54-35-33-45-43-24-13-15-26-48(43)65(5,6)58(45)57(54)47-39-46-44-25-14-18-31-56(44)70-62(46)61-59(47)67-53-29-19-28-51-60(53)69(61)55-30-17-16-27-50(55)66(51,40-20-9-7-10-21-40)41-22-11-8-12-23-41/h7-35,38-39,67-68H,36-37H2,1-6H3. The lowest BCUT2D eigenvalue weighted by Crippen LogP contribution is -2.47. The van der Waals surface area contributed by atoms with Gasteiger partial charge in [-0.2, -0.15) is 0 Å². The highest BCUT2D eigenvalue weighted by atomic mass is 16.3. The molecular formula is C66H55BN2O. The van der Waals surface area contributed by atoms with Gasteiger partial charge in [0.15, 0.2) is 12.9 Å². The minimum absolute atomic E-state index is 0.0784. The van der Waals surface area contributed by atoms with E-state index in [9.17, 15) is 0 Å². The van der Waals surface area contributed by atoms with E-state index in [4.69, 9.17) is 4.42 Å². The van der Waals surface area contributed by atoms with E-state index in [-0.39, 0.29) is 16.2 Å². The van der Waals surface area contributed by atoms with Crippen molar-refractivity contribution in [1.82, 2.24) is 0 Å². The lowest BCUT2D eigenvalue weighted by atomic mass is 9.54. The molecule has 0 amide bonds. The first-order valence-electron chi connectivity index (χ1n) is 25.3. The van der Waals surface area contributed by atoms with Crippen molar-refractivity contribution in [3.63, 3.8) is 0 Å². The van der Waals surface area contributed by atoms with Gasteiger partial charge in [0, 0.05) is 38.8 Å². The van der Waals surface area contributed by atoms with Gasteiger partial charge in [0.25, 0.3) is 0 Å². The normalized spacial score (nSPS) is 16.9. The Morgan fingerprint density at radius 2 is 1.16 bits per heavy atom. The molecule has 4 heteroatoms. The molecule has 0 bridgehead atoms. The molecule has 3 nitrogen and oxygen atoms in total. The lowest BCUT2D eigenvalue weighted by molar-refractivity contribution is 0.332. The zero-order chi connectivity index (χ0) is 47.3. The van der Waals surface area contributed by atoms with Crippen LogP contribution in [0.5, 0.6) is 0 Å². The molecule has 0 saturated heterocycles. The van der Waals surface area contributed by atoms with Gasteiger partial charge in [0.1, 0.15) is 5.58 Å². The first-order valence-corrected chi connectivity index (χ1v) is 25.3. The van der Waals surface area contributed by atoms with E-state index in [2.05, 4.69) is 240 Å². The number of benzene rings is 9. The summed E-state index contributed by atoms with van der Waals surface area (Å²) in [6, 6.07) is 70.7. The predicted molar refractivity (Wildman–Crippen MR) is 295 cm³/mol. The van der Waals surface area contributed by atoms with Crippen LogP contribution in [0.2, 0.25) is 0 Å². The van der Waals surface area contributed by atoms with E-state index in [1.807, 2.05) is 0 Å². The molecule has 0 spiro atoms. The zero-order valence-corrected chi connectivity index (χ0v) is 40.9. The largest absolute Gasteiger partial charge is 0.454 e. The van der Waals surface area contributed by atoms with Crippen molar-refractivity contribution >= 4 is 68.6 Å². The Bertz CT molecular complexity index is 3780. The Hall–Kier alpha value is -7.56. The van der Waals surface area contributed by atoms with E-state index < -0.39 is 5.41 Å². The molecule has 3 heterocycles. The monoisotopic (exact) mass is 902 g/mol. The summed E-state index contributed by atoms with van der Waals surface area (Å²) >= 11 is 0. The number of nitrogens with one attached hydrogen (secondary N) is 1. The number of hydrogen-bond donors (Lipinski definition) is 1. The molecule has 0 saturated carbocycles. The summed E-state index contributed by atoms with van der Waals surface area (Å²) in [4.78, 5) is 2.60. The Morgan fingerprint density at radius 3 is 1.93 bits per heavy atom. The summed E-state index contributed by atoms with van der Waals surface area (Å²) in [7, 11) is 0.734. The summed E-state index contributed by atoms with van der Waals surface area (Å²) in [6.45, 7) is 14.5. The molecule has 1 aromatic heterocycles. The molecule has 1 N–H and O–H groups in total. The van der Waals surface area contributed by atoms with Crippen LogP contribution in [0.25, 0.3) is 44.2 Å². The molecule has 2 aliphatic carbocycles. The van der Waals surface area contributed by atoms with E-state index in [1.54, 1.807) is 0 Å². The quantitative estimate of drug-likeness (QED) is 0.174. The molecule has 10 aromatic rings. The van der Waals surface area contributed by atoms with Crippen molar-refractivity contribution in [2.45, 2.75) is 76.0 Å². The van der Waals surface area contributed by atoms with Gasteiger partial charge in [-0.15, -0.1) is 0 Å². The predicted octanol–water partition coefficient (Wildman–Crippen LogP) is 15.5. The third kappa shape index (κ3) is 5.53. The number of rotatable bonds is 5. The highest BCUT2D eigenvalue weighted by Gasteiger charge is 2.50. The van der Waals surface area contributed by atoms with Crippen molar-refractivity contribution in [2.75, 3.05) is 10.2 Å². The van der Waals surface area contributed by atoms with E-state index in [0.717, 1.165) is 46.3 Å². The highest BCUT2D eigenvalue weighted by Crippen LogP contribution is 2.60.